The van der Waals surface area contributed by atoms with Crippen LogP contribution in [0.1, 0.15) is 13.3 Å². The van der Waals surface area contributed by atoms with Crippen molar-refractivity contribution < 1.29 is 60.3 Å². The minimum atomic E-state index is -5.70. The van der Waals surface area contributed by atoms with Gasteiger partial charge in [-0.25, -0.2) is 22.9 Å². The van der Waals surface area contributed by atoms with Crippen molar-refractivity contribution in [1.82, 2.24) is 10.2 Å². The van der Waals surface area contributed by atoms with E-state index in [4.69, 9.17) is 19.4 Å². The molecule has 172 valence electrons. The monoisotopic (exact) mass is 496 g/mol. The van der Waals surface area contributed by atoms with Gasteiger partial charge in [-0.05, 0) is 12.5 Å². The SMILES string of the molecule is C=C1C=CN([C@@H]2O[C@](CF)(COP(=O)(O)OP(=O)(O)OP(=O)(O)O)C[C@@H]2C)C(=O)N1. The maximum absolute atomic E-state index is 13.8. The molecule has 2 heterocycles. The third-order valence-electron chi connectivity index (χ3n) is 3.91. The lowest BCUT2D eigenvalue weighted by Gasteiger charge is -2.32. The third-order valence-corrected chi connectivity index (χ3v) is 7.70. The maximum Gasteiger partial charge on any atom is 0.490 e. The zero-order valence-electron chi connectivity index (χ0n) is 15.4. The van der Waals surface area contributed by atoms with E-state index in [1.54, 1.807) is 6.92 Å². The summed E-state index contributed by atoms with van der Waals surface area (Å²) in [6, 6.07) is -0.595. The van der Waals surface area contributed by atoms with Crippen molar-refractivity contribution in [3.05, 3.63) is 24.6 Å². The molecule has 0 aliphatic carbocycles. The fraction of sp³-hybridized carbons (Fsp3) is 0.583. The first-order chi connectivity index (χ1) is 13.6. The Balaban J connectivity index is 2.07. The topological polar surface area (TPSA) is 201 Å². The van der Waals surface area contributed by atoms with Gasteiger partial charge in [0.25, 0.3) is 0 Å². The molecule has 0 aromatic carbocycles. The highest BCUT2D eigenvalue weighted by Gasteiger charge is 2.50. The van der Waals surface area contributed by atoms with Crippen LogP contribution < -0.4 is 5.32 Å². The Hall–Kier alpha value is -0.950. The number of carbonyl (C=O) groups excluding carboxylic acids is 1. The van der Waals surface area contributed by atoms with Gasteiger partial charge in [-0.3, -0.25) is 9.42 Å². The number of carbonyl (C=O) groups is 1. The number of amides is 2. The van der Waals surface area contributed by atoms with Crippen molar-refractivity contribution in [2.24, 2.45) is 5.92 Å². The number of allylic oxidation sites excluding steroid dienone is 1. The average Bonchev–Trinajstić information content (AvgIpc) is 2.87. The zero-order valence-corrected chi connectivity index (χ0v) is 18.0. The second kappa shape index (κ2) is 8.89. The van der Waals surface area contributed by atoms with E-state index in [0.717, 1.165) is 4.90 Å². The normalized spacial score (nSPS) is 31.3. The van der Waals surface area contributed by atoms with Crippen molar-refractivity contribution >= 4 is 29.5 Å². The van der Waals surface area contributed by atoms with E-state index in [-0.39, 0.29) is 6.42 Å². The summed E-state index contributed by atoms with van der Waals surface area (Å²) < 4.78 is 64.8. The van der Waals surface area contributed by atoms with E-state index in [1.807, 2.05) is 0 Å². The number of rotatable bonds is 9. The predicted octanol–water partition coefficient (Wildman–Crippen LogP) is 1.47. The highest BCUT2D eigenvalue weighted by Crippen LogP contribution is 2.66. The quantitative estimate of drug-likeness (QED) is 0.288. The molecule has 30 heavy (non-hydrogen) atoms. The number of phosphoric acid groups is 3. The molecule has 0 aromatic rings. The van der Waals surface area contributed by atoms with Gasteiger partial charge < -0.3 is 29.6 Å². The standard InChI is InChI=1S/C12H20FN2O12P3/c1-8-5-12(6-13,25-10(8)15-4-3-9(2)14-11(15)16)7-24-29(20,21)27-30(22,23)26-28(17,18)19/h3-4,8,10H,2,5-7H2,1H3,(H,14,16)(H,20,21)(H,22,23)(H2,17,18,19)/t8-,10+,12+/m0/s1. The Kier molecular flexibility index (Phi) is 7.50. The van der Waals surface area contributed by atoms with Crippen molar-refractivity contribution in [2.75, 3.05) is 13.3 Å². The summed E-state index contributed by atoms with van der Waals surface area (Å²) in [5.41, 5.74) is -1.50. The van der Waals surface area contributed by atoms with Gasteiger partial charge in [0.15, 0.2) is 0 Å². The Morgan fingerprint density at radius 2 is 1.93 bits per heavy atom. The Labute approximate surface area is 169 Å². The maximum atomic E-state index is 13.8. The van der Waals surface area contributed by atoms with E-state index >= 15 is 0 Å². The summed E-state index contributed by atoms with van der Waals surface area (Å²) in [5, 5.41) is 2.43. The van der Waals surface area contributed by atoms with E-state index in [0.29, 0.717) is 5.70 Å². The number of hydrogen-bond donors (Lipinski definition) is 5. The number of hydrogen-bond acceptors (Lipinski definition) is 8. The number of alkyl halides is 1. The summed E-state index contributed by atoms with van der Waals surface area (Å²) in [6.07, 6.45) is 1.77. The minimum absolute atomic E-state index is 0.0809. The molecule has 0 spiro atoms. The van der Waals surface area contributed by atoms with Crippen LogP contribution in [0.2, 0.25) is 0 Å². The van der Waals surface area contributed by atoms with Crippen LogP contribution in [0.3, 0.4) is 0 Å². The molecule has 14 nitrogen and oxygen atoms in total. The van der Waals surface area contributed by atoms with Gasteiger partial charge in [0.2, 0.25) is 0 Å². The van der Waals surface area contributed by atoms with Crippen molar-refractivity contribution in [2.45, 2.75) is 25.2 Å². The molecule has 2 aliphatic heterocycles. The zero-order chi connectivity index (χ0) is 23.0. The summed E-state index contributed by atoms with van der Waals surface area (Å²) >= 11 is 0. The van der Waals surface area contributed by atoms with E-state index in [2.05, 4.69) is 25.0 Å². The molecule has 2 aliphatic rings. The van der Waals surface area contributed by atoms with Crippen LogP contribution in [-0.2, 0) is 31.6 Å². The van der Waals surface area contributed by atoms with E-state index in [9.17, 15) is 27.8 Å². The lowest BCUT2D eigenvalue weighted by Crippen LogP contribution is -2.48. The minimum Gasteiger partial charge on any atom is -0.346 e. The van der Waals surface area contributed by atoms with Crippen LogP contribution in [0.15, 0.2) is 24.6 Å². The van der Waals surface area contributed by atoms with Gasteiger partial charge in [-0.1, -0.05) is 13.5 Å². The molecule has 0 bridgehead atoms. The predicted molar refractivity (Wildman–Crippen MR) is 95.8 cm³/mol. The fourth-order valence-electron chi connectivity index (χ4n) is 2.84. The molecule has 5 atom stereocenters. The lowest BCUT2D eigenvalue weighted by atomic mass is 9.96. The molecule has 2 amide bonds. The third kappa shape index (κ3) is 6.78. The first-order valence-corrected chi connectivity index (χ1v) is 12.6. The van der Waals surface area contributed by atoms with Crippen molar-refractivity contribution in [3.8, 4) is 0 Å². The first-order valence-electron chi connectivity index (χ1n) is 8.06. The molecule has 1 fully saturated rings. The molecule has 2 rings (SSSR count). The first kappa shape index (κ1) is 25.3. The molecule has 0 aromatic heterocycles. The highest BCUT2D eigenvalue weighted by molar-refractivity contribution is 7.66. The van der Waals surface area contributed by atoms with Crippen LogP contribution in [-0.4, -0.2) is 55.6 Å². The van der Waals surface area contributed by atoms with E-state index in [1.165, 1.54) is 12.3 Å². The Morgan fingerprint density at radius 1 is 1.30 bits per heavy atom. The molecule has 2 unspecified atom stereocenters. The number of phosphoric ester groups is 1. The molecule has 0 radical (unpaired) electrons. The highest BCUT2D eigenvalue weighted by atomic mass is 31.3. The van der Waals surface area contributed by atoms with Gasteiger partial charge in [-0.2, -0.15) is 8.62 Å². The van der Waals surface area contributed by atoms with Crippen molar-refractivity contribution in [1.29, 1.82) is 0 Å². The Morgan fingerprint density at radius 3 is 2.47 bits per heavy atom. The summed E-state index contributed by atoms with van der Waals surface area (Å²) in [6.45, 7) is 2.99. The second-order valence-corrected chi connectivity index (χ2v) is 11.0. The van der Waals surface area contributed by atoms with Gasteiger partial charge in [0, 0.05) is 17.8 Å². The number of ether oxygens (including phenoxy) is 1. The number of nitrogens with zero attached hydrogens (tertiary/aromatic N) is 1. The summed E-state index contributed by atoms with van der Waals surface area (Å²) in [7, 11) is -16.7. The Bertz CT molecular complexity index is 877. The largest absolute Gasteiger partial charge is 0.490 e. The number of urea groups is 1. The fourth-order valence-corrected chi connectivity index (χ4v) is 5.93. The van der Waals surface area contributed by atoms with E-state index < -0.39 is 60.5 Å². The summed E-state index contributed by atoms with van der Waals surface area (Å²) in [5.74, 6) is -0.466. The van der Waals surface area contributed by atoms with Crippen LogP contribution in [0.4, 0.5) is 9.18 Å². The van der Waals surface area contributed by atoms with Gasteiger partial charge >= 0.3 is 29.5 Å². The van der Waals surface area contributed by atoms with Gasteiger partial charge in [-0.15, -0.1) is 0 Å². The molecular weight excluding hydrogens is 476 g/mol. The number of halogens is 1. The van der Waals surface area contributed by atoms with Crippen molar-refractivity contribution in [3.63, 3.8) is 0 Å². The van der Waals surface area contributed by atoms with Crippen LogP contribution >= 0.6 is 23.5 Å². The number of nitrogens with one attached hydrogen (secondary N) is 1. The smallest absolute Gasteiger partial charge is 0.346 e. The molecule has 0 saturated carbocycles. The van der Waals surface area contributed by atoms with Crippen LogP contribution in [0.5, 0.6) is 0 Å². The molecule has 1 saturated heterocycles. The van der Waals surface area contributed by atoms with Gasteiger partial charge in [0.05, 0.1) is 6.61 Å². The molecule has 5 N–H and O–H groups in total. The van der Waals surface area contributed by atoms with Crippen LogP contribution in [0, 0.1) is 5.92 Å². The lowest BCUT2D eigenvalue weighted by molar-refractivity contribution is -0.115. The van der Waals surface area contributed by atoms with Crippen LogP contribution in [0.25, 0.3) is 0 Å². The van der Waals surface area contributed by atoms with Gasteiger partial charge in [0.1, 0.15) is 18.5 Å². The average molecular weight is 496 g/mol. The summed E-state index contributed by atoms with van der Waals surface area (Å²) in [4.78, 5) is 48.9. The second-order valence-electron chi connectivity index (χ2n) is 6.55. The molecule has 18 heteroatoms. The molecular formula is C12H20FN2O12P3.